The van der Waals surface area contributed by atoms with Crippen molar-refractivity contribution in [2.24, 2.45) is 10.7 Å². The number of hydrogen-bond donors (Lipinski definition) is 1. The molecule has 2 atom stereocenters. The number of nitrogens with zero attached hydrogens (tertiary/aromatic N) is 5. The first-order valence-corrected chi connectivity index (χ1v) is 11.0. The van der Waals surface area contributed by atoms with Crippen LogP contribution >= 0.6 is 0 Å². The molecule has 2 spiro atoms. The summed E-state index contributed by atoms with van der Waals surface area (Å²) < 4.78 is 14.1. The number of amides is 1. The van der Waals surface area contributed by atoms with E-state index in [1.807, 2.05) is 47.2 Å². The Morgan fingerprint density at radius 2 is 2.12 bits per heavy atom. The van der Waals surface area contributed by atoms with E-state index in [1.165, 1.54) is 4.90 Å². The van der Waals surface area contributed by atoms with Crippen molar-refractivity contribution in [1.29, 1.82) is 0 Å². The number of ether oxygens (including phenoxy) is 2. The minimum Gasteiger partial charge on any atom is -0.484 e. The molecular formula is C24H24N6O3. The van der Waals surface area contributed by atoms with E-state index >= 15 is 0 Å². The first-order valence-electron chi connectivity index (χ1n) is 11.0. The predicted octanol–water partition coefficient (Wildman–Crippen LogP) is 2.25. The molecule has 6 rings (SSSR count). The van der Waals surface area contributed by atoms with Crippen LogP contribution in [0.15, 0.2) is 60.1 Å². The Kier molecular flexibility index (Phi) is 4.31. The highest BCUT2D eigenvalue weighted by molar-refractivity contribution is 6.07. The van der Waals surface area contributed by atoms with Crippen LogP contribution in [0.25, 0.3) is 17.1 Å². The molecule has 9 nitrogen and oxygen atoms in total. The number of guanidine groups is 1. The number of aromatic nitrogens is 3. The van der Waals surface area contributed by atoms with Crippen LogP contribution in [0.5, 0.6) is 5.75 Å². The van der Waals surface area contributed by atoms with Gasteiger partial charge in [0.1, 0.15) is 23.5 Å². The standard InChI is InChI=1S/C24H24N6O3/c1-29-21(31)24(28-22(29)25)13-23(8-3-11-32-14-23)33-19-7-6-16(12-17(19)24)18-4-2-5-20(27-18)30-10-9-26-15-30/h2,4-7,9-10,12,15H,3,8,11,13-14H2,1H3,(H2,25,28). The van der Waals surface area contributed by atoms with Gasteiger partial charge in [0.2, 0.25) is 0 Å². The molecule has 3 aliphatic heterocycles. The third kappa shape index (κ3) is 3.03. The number of imidazole rings is 1. The molecule has 5 heterocycles. The summed E-state index contributed by atoms with van der Waals surface area (Å²) in [5, 5.41) is 0. The van der Waals surface area contributed by atoms with Gasteiger partial charge in [-0.2, -0.15) is 0 Å². The molecule has 33 heavy (non-hydrogen) atoms. The molecule has 1 amide bonds. The topological polar surface area (TPSA) is 108 Å². The molecule has 2 unspecified atom stereocenters. The average Bonchev–Trinajstić information content (AvgIpc) is 3.44. The third-order valence-electron chi connectivity index (χ3n) is 6.72. The highest BCUT2D eigenvalue weighted by Crippen LogP contribution is 2.51. The lowest BCUT2D eigenvalue weighted by Gasteiger charge is -2.46. The van der Waals surface area contributed by atoms with E-state index in [0.717, 1.165) is 29.9 Å². The molecule has 3 aromatic rings. The number of benzene rings is 1. The van der Waals surface area contributed by atoms with Crippen molar-refractivity contribution in [2.75, 3.05) is 20.3 Å². The van der Waals surface area contributed by atoms with Gasteiger partial charge in [-0.3, -0.25) is 14.3 Å². The van der Waals surface area contributed by atoms with Crippen LogP contribution in [0.1, 0.15) is 24.8 Å². The van der Waals surface area contributed by atoms with Crippen molar-refractivity contribution in [3.05, 3.63) is 60.7 Å². The zero-order valence-corrected chi connectivity index (χ0v) is 18.3. The summed E-state index contributed by atoms with van der Waals surface area (Å²) in [4.78, 5) is 28.6. The van der Waals surface area contributed by atoms with Gasteiger partial charge in [-0.15, -0.1) is 0 Å². The molecular weight excluding hydrogens is 420 g/mol. The fourth-order valence-corrected chi connectivity index (χ4v) is 5.09. The first-order chi connectivity index (χ1) is 16.0. The van der Waals surface area contributed by atoms with E-state index in [4.69, 9.17) is 25.2 Å². The maximum Gasteiger partial charge on any atom is 0.261 e. The second kappa shape index (κ2) is 7.14. The van der Waals surface area contributed by atoms with Gasteiger partial charge < -0.3 is 15.2 Å². The van der Waals surface area contributed by atoms with Crippen LogP contribution in [0.4, 0.5) is 0 Å². The molecule has 0 saturated carbocycles. The van der Waals surface area contributed by atoms with Crippen molar-refractivity contribution in [1.82, 2.24) is 19.4 Å². The average molecular weight is 444 g/mol. The van der Waals surface area contributed by atoms with Crippen LogP contribution in [0, 0.1) is 0 Å². The lowest BCUT2D eigenvalue weighted by molar-refractivity contribution is -0.139. The van der Waals surface area contributed by atoms with Gasteiger partial charge in [-0.05, 0) is 43.2 Å². The predicted molar refractivity (Wildman–Crippen MR) is 121 cm³/mol. The van der Waals surface area contributed by atoms with E-state index in [1.54, 1.807) is 19.6 Å². The summed E-state index contributed by atoms with van der Waals surface area (Å²) in [7, 11) is 1.66. The van der Waals surface area contributed by atoms with Crippen LogP contribution < -0.4 is 10.5 Å². The van der Waals surface area contributed by atoms with Crippen molar-refractivity contribution in [2.45, 2.75) is 30.4 Å². The number of likely N-dealkylation sites (N-methyl/N-ethyl adjacent to an activating group) is 1. The van der Waals surface area contributed by atoms with E-state index in [-0.39, 0.29) is 11.9 Å². The van der Waals surface area contributed by atoms with E-state index < -0.39 is 11.1 Å². The molecule has 3 aliphatic rings. The molecule has 1 aromatic carbocycles. The quantitative estimate of drug-likeness (QED) is 0.650. The van der Waals surface area contributed by atoms with Gasteiger partial charge in [0.25, 0.3) is 5.91 Å². The third-order valence-corrected chi connectivity index (χ3v) is 6.72. The van der Waals surface area contributed by atoms with Gasteiger partial charge >= 0.3 is 0 Å². The number of rotatable bonds is 2. The SMILES string of the molecule is CN1C(=O)C2(CC3(CCCOC3)Oc3ccc(-c4cccc(-n5ccnc5)n4)cc32)N=C1N. The zero-order valence-electron chi connectivity index (χ0n) is 18.3. The molecule has 168 valence electrons. The molecule has 0 aliphatic carbocycles. The van der Waals surface area contributed by atoms with Crippen LogP contribution in [-0.2, 0) is 15.1 Å². The minimum atomic E-state index is -1.13. The summed E-state index contributed by atoms with van der Waals surface area (Å²) in [6, 6.07) is 11.6. The van der Waals surface area contributed by atoms with Gasteiger partial charge in [0, 0.05) is 43.6 Å². The number of pyridine rings is 1. The van der Waals surface area contributed by atoms with Crippen molar-refractivity contribution in [3.8, 4) is 22.8 Å². The van der Waals surface area contributed by atoms with Gasteiger partial charge in [0.05, 0.1) is 12.3 Å². The fourth-order valence-electron chi connectivity index (χ4n) is 5.09. The summed E-state index contributed by atoms with van der Waals surface area (Å²) in [6.07, 6.45) is 7.33. The Balaban J connectivity index is 1.49. The highest BCUT2D eigenvalue weighted by atomic mass is 16.5. The van der Waals surface area contributed by atoms with Crippen LogP contribution in [-0.4, -0.2) is 57.2 Å². The van der Waals surface area contributed by atoms with Crippen molar-refractivity contribution < 1.29 is 14.3 Å². The Morgan fingerprint density at radius 1 is 1.21 bits per heavy atom. The van der Waals surface area contributed by atoms with Gasteiger partial charge in [-0.1, -0.05) is 6.07 Å². The second-order valence-corrected chi connectivity index (χ2v) is 8.87. The Morgan fingerprint density at radius 3 is 2.85 bits per heavy atom. The lowest BCUT2D eigenvalue weighted by Crippen LogP contribution is -2.55. The molecule has 2 N–H and O–H groups in total. The maximum absolute atomic E-state index is 13.5. The molecule has 2 aromatic heterocycles. The smallest absolute Gasteiger partial charge is 0.261 e. The highest BCUT2D eigenvalue weighted by Gasteiger charge is 2.58. The monoisotopic (exact) mass is 444 g/mol. The second-order valence-electron chi connectivity index (χ2n) is 8.87. The largest absolute Gasteiger partial charge is 0.484 e. The van der Waals surface area contributed by atoms with E-state index in [9.17, 15) is 4.79 Å². The molecule has 0 radical (unpaired) electrons. The Bertz CT molecular complexity index is 1260. The summed E-state index contributed by atoms with van der Waals surface area (Å²) >= 11 is 0. The normalized spacial score (nSPS) is 26.4. The molecule has 1 fully saturated rings. The zero-order chi connectivity index (χ0) is 22.6. The summed E-state index contributed by atoms with van der Waals surface area (Å²) in [6.45, 7) is 1.12. The first kappa shape index (κ1) is 19.9. The van der Waals surface area contributed by atoms with Crippen LogP contribution in [0.3, 0.4) is 0 Å². The van der Waals surface area contributed by atoms with Gasteiger partial charge in [0.15, 0.2) is 11.5 Å². The maximum atomic E-state index is 13.5. The molecule has 0 bridgehead atoms. The number of carbonyl (C=O) groups excluding carboxylic acids is 1. The summed E-state index contributed by atoms with van der Waals surface area (Å²) in [5.74, 6) is 1.46. The van der Waals surface area contributed by atoms with E-state index in [0.29, 0.717) is 30.9 Å². The number of nitrogens with two attached hydrogens (primary N) is 1. The number of aliphatic imine (C=N–C) groups is 1. The summed E-state index contributed by atoms with van der Waals surface area (Å²) in [5.41, 5.74) is 6.75. The number of hydrogen-bond acceptors (Lipinski definition) is 7. The molecule has 9 heteroatoms. The van der Waals surface area contributed by atoms with Crippen molar-refractivity contribution >= 4 is 11.9 Å². The Labute approximate surface area is 190 Å². The Hall–Kier alpha value is -3.72. The molecule has 1 saturated heterocycles. The van der Waals surface area contributed by atoms with E-state index in [2.05, 4.69) is 4.98 Å². The van der Waals surface area contributed by atoms with Crippen molar-refractivity contribution in [3.63, 3.8) is 0 Å². The number of fused-ring (bicyclic) bond motifs is 2. The van der Waals surface area contributed by atoms with Crippen LogP contribution in [0.2, 0.25) is 0 Å². The lowest BCUT2D eigenvalue weighted by atomic mass is 9.74. The number of carbonyl (C=O) groups is 1. The fraction of sp³-hybridized carbons (Fsp3) is 0.333. The van der Waals surface area contributed by atoms with Gasteiger partial charge in [-0.25, -0.2) is 15.0 Å². The minimum absolute atomic E-state index is 0.147.